The molecule has 3 heterocycles. The normalized spacial score (nSPS) is 17.2. The number of hydrogen-bond acceptors (Lipinski definition) is 4. The van der Waals surface area contributed by atoms with Crippen LogP contribution < -0.4 is 10.2 Å². The first-order valence-corrected chi connectivity index (χ1v) is 11.1. The minimum absolute atomic E-state index is 0.0880. The number of amides is 1. The Kier molecular flexibility index (Phi) is 5.15. The molecule has 1 N–H and O–H groups in total. The van der Waals surface area contributed by atoms with Gasteiger partial charge in [0, 0.05) is 42.1 Å². The molecule has 0 unspecified atom stereocenters. The third kappa shape index (κ3) is 3.78. The van der Waals surface area contributed by atoms with Gasteiger partial charge < -0.3 is 14.8 Å². The molecule has 5 rings (SSSR count). The molecule has 1 saturated heterocycles. The Bertz CT molecular complexity index is 1060. The van der Waals surface area contributed by atoms with Gasteiger partial charge in [-0.3, -0.25) is 4.79 Å². The summed E-state index contributed by atoms with van der Waals surface area (Å²) in [6, 6.07) is 10.5. The minimum Gasteiger partial charge on any atom is -0.356 e. The van der Waals surface area contributed by atoms with Crippen LogP contribution in [0.15, 0.2) is 36.5 Å². The maximum atomic E-state index is 12.6. The Labute approximate surface area is 177 Å². The van der Waals surface area contributed by atoms with E-state index in [0.717, 1.165) is 55.9 Å². The van der Waals surface area contributed by atoms with Gasteiger partial charge in [-0.05, 0) is 63.0 Å². The van der Waals surface area contributed by atoms with Crippen LogP contribution in [0.1, 0.15) is 42.8 Å². The lowest BCUT2D eigenvalue weighted by molar-refractivity contribution is -0.122. The maximum Gasteiger partial charge on any atom is 0.240 e. The van der Waals surface area contributed by atoms with Crippen LogP contribution in [0.5, 0.6) is 0 Å². The van der Waals surface area contributed by atoms with Crippen LogP contribution in [-0.2, 0) is 24.2 Å². The van der Waals surface area contributed by atoms with Gasteiger partial charge in [0.15, 0.2) is 0 Å². The van der Waals surface area contributed by atoms with E-state index in [0.29, 0.717) is 6.54 Å². The summed E-state index contributed by atoms with van der Waals surface area (Å²) in [6.45, 7) is 4.23. The summed E-state index contributed by atoms with van der Waals surface area (Å²) in [7, 11) is 0. The Balaban J connectivity index is 1.20. The molecule has 6 heteroatoms. The van der Waals surface area contributed by atoms with Gasteiger partial charge in [-0.25, -0.2) is 9.97 Å². The third-order valence-corrected chi connectivity index (χ3v) is 6.43. The lowest BCUT2D eigenvalue weighted by Gasteiger charge is -2.35. The molecule has 156 valence electrons. The van der Waals surface area contributed by atoms with Gasteiger partial charge in [0.1, 0.15) is 18.2 Å². The van der Waals surface area contributed by atoms with Crippen molar-refractivity contribution in [3.05, 3.63) is 53.6 Å². The molecule has 0 radical (unpaired) electrons. The highest BCUT2D eigenvalue weighted by molar-refractivity contribution is 5.83. The number of nitrogens with zero attached hydrogens (tertiary/aromatic N) is 4. The molecule has 2 aliphatic rings. The molecule has 1 aliphatic carbocycles. The van der Waals surface area contributed by atoms with E-state index in [4.69, 9.17) is 4.98 Å². The van der Waals surface area contributed by atoms with Gasteiger partial charge in [-0.2, -0.15) is 0 Å². The molecule has 1 aliphatic heterocycles. The third-order valence-electron chi connectivity index (χ3n) is 6.43. The van der Waals surface area contributed by atoms with Gasteiger partial charge >= 0.3 is 0 Å². The van der Waals surface area contributed by atoms with Crippen LogP contribution >= 0.6 is 0 Å². The molecule has 1 amide bonds. The average molecular weight is 404 g/mol. The smallest absolute Gasteiger partial charge is 0.240 e. The Morgan fingerprint density at radius 2 is 1.90 bits per heavy atom. The van der Waals surface area contributed by atoms with E-state index in [1.54, 1.807) is 0 Å². The molecule has 0 atom stereocenters. The Morgan fingerprint density at radius 3 is 2.77 bits per heavy atom. The van der Waals surface area contributed by atoms with Crippen molar-refractivity contribution in [3.8, 4) is 0 Å². The van der Waals surface area contributed by atoms with Crippen LogP contribution in [0, 0.1) is 6.92 Å². The highest BCUT2D eigenvalue weighted by Crippen LogP contribution is 2.29. The van der Waals surface area contributed by atoms with Crippen molar-refractivity contribution in [1.29, 1.82) is 0 Å². The largest absolute Gasteiger partial charge is 0.356 e. The van der Waals surface area contributed by atoms with E-state index in [1.807, 2.05) is 29.8 Å². The van der Waals surface area contributed by atoms with Crippen LogP contribution in [0.25, 0.3) is 10.9 Å². The minimum atomic E-state index is 0.0880. The highest BCUT2D eigenvalue weighted by atomic mass is 16.2. The predicted octanol–water partition coefficient (Wildman–Crippen LogP) is 3.40. The summed E-state index contributed by atoms with van der Waals surface area (Å²) < 4.78 is 2.02. The first-order chi connectivity index (χ1) is 14.7. The topological polar surface area (TPSA) is 63.1 Å². The summed E-state index contributed by atoms with van der Waals surface area (Å²) in [6.07, 6.45) is 8.53. The van der Waals surface area contributed by atoms with Crippen molar-refractivity contribution in [1.82, 2.24) is 19.9 Å². The van der Waals surface area contributed by atoms with Crippen LogP contribution in [-0.4, -0.2) is 39.6 Å². The number of rotatable bonds is 4. The van der Waals surface area contributed by atoms with E-state index in [-0.39, 0.29) is 11.9 Å². The molecular weight excluding hydrogens is 374 g/mol. The molecule has 1 aromatic carbocycles. The molecule has 0 saturated carbocycles. The summed E-state index contributed by atoms with van der Waals surface area (Å²) in [5, 5.41) is 4.42. The number of benzene rings is 1. The molecular formula is C24H29N5O. The van der Waals surface area contributed by atoms with Gasteiger partial charge in [0.05, 0.1) is 0 Å². The van der Waals surface area contributed by atoms with Crippen molar-refractivity contribution in [2.45, 2.75) is 58.0 Å². The van der Waals surface area contributed by atoms with Gasteiger partial charge in [0.2, 0.25) is 5.91 Å². The summed E-state index contributed by atoms with van der Waals surface area (Å²) in [5.74, 6) is 2.10. The van der Waals surface area contributed by atoms with E-state index < -0.39 is 0 Å². The van der Waals surface area contributed by atoms with E-state index >= 15 is 0 Å². The fourth-order valence-electron chi connectivity index (χ4n) is 4.90. The number of aromatic nitrogens is 3. The van der Waals surface area contributed by atoms with Crippen LogP contribution in [0.2, 0.25) is 0 Å². The summed E-state index contributed by atoms with van der Waals surface area (Å²) in [4.78, 5) is 24.5. The summed E-state index contributed by atoms with van der Waals surface area (Å²) in [5.41, 5.74) is 3.71. The van der Waals surface area contributed by atoms with Crippen LogP contribution in [0.3, 0.4) is 0 Å². The van der Waals surface area contributed by atoms with Crippen molar-refractivity contribution >= 4 is 22.6 Å². The molecule has 6 nitrogen and oxygen atoms in total. The predicted molar refractivity (Wildman–Crippen MR) is 119 cm³/mol. The zero-order chi connectivity index (χ0) is 20.5. The number of carbonyl (C=O) groups excluding carboxylic acids is 1. The number of aryl methyl sites for hydroxylation is 2. The number of piperidine rings is 1. The Morgan fingerprint density at radius 1 is 1.10 bits per heavy atom. The first kappa shape index (κ1) is 19.1. The number of carbonyl (C=O) groups is 1. The van der Waals surface area contributed by atoms with Crippen LogP contribution in [0.4, 0.5) is 5.82 Å². The van der Waals surface area contributed by atoms with Crippen molar-refractivity contribution in [3.63, 3.8) is 0 Å². The van der Waals surface area contributed by atoms with Gasteiger partial charge in [0.25, 0.3) is 0 Å². The average Bonchev–Trinajstić information content (AvgIpc) is 3.16. The van der Waals surface area contributed by atoms with Gasteiger partial charge in [-0.15, -0.1) is 0 Å². The second-order valence-electron chi connectivity index (χ2n) is 8.56. The van der Waals surface area contributed by atoms with Crippen molar-refractivity contribution in [2.75, 3.05) is 18.0 Å². The van der Waals surface area contributed by atoms with E-state index in [2.05, 4.69) is 33.4 Å². The molecule has 30 heavy (non-hydrogen) atoms. The lowest BCUT2D eigenvalue weighted by Crippen LogP contribution is -2.46. The number of hydrogen-bond donors (Lipinski definition) is 1. The fraction of sp³-hybridized carbons (Fsp3) is 0.458. The van der Waals surface area contributed by atoms with Crippen molar-refractivity contribution in [2.24, 2.45) is 0 Å². The van der Waals surface area contributed by atoms with Crippen molar-refractivity contribution < 1.29 is 4.79 Å². The quantitative estimate of drug-likeness (QED) is 0.725. The first-order valence-electron chi connectivity index (χ1n) is 11.1. The standard InChI is InChI=1S/C24H29N5O/c1-17-25-21-8-4-3-7-20(21)24(26-17)28-14-11-19(12-15-28)27-23(30)16-29-13-10-18-6-2-5-9-22(18)29/h2,5-6,9-10,13,19H,3-4,7-8,11-12,14-16H2,1H3,(H,27,30). The lowest BCUT2D eigenvalue weighted by atomic mass is 9.95. The fourth-order valence-corrected chi connectivity index (χ4v) is 4.90. The van der Waals surface area contributed by atoms with E-state index in [9.17, 15) is 4.79 Å². The second kappa shape index (κ2) is 8.09. The molecule has 1 fully saturated rings. The molecule has 3 aromatic rings. The summed E-state index contributed by atoms with van der Waals surface area (Å²) >= 11 is 0. The maximum absolute atomic E-state index is 12.6. The molecule has 0 bridgehead atoms. The number of nitrogens with one attached hydrogen (secondary N) is 1. The van der Waals surface area contributed by atoms with Gasteiger partial charge in [-0.1, -0.05) is 18.2 Å². The zero-order valence-electron chi connectivity index (χ0n) is 17.6. The zero-order valence-corrected chi connectivity index (χ0v) is 17.6. The number of fused-ring (bicyclic) bond motifs is 2. The second-order valence-corrected chi connectivity index (χ2v) is 8.56. The van der Waals surface area contributed by atoms with E-state index in [1.165, 1.54) is 29.5 Å². The highest BCUT2D eigenvalue weighted by Gasteiger charge is 2.26. The number of para-hydroxylation sites is 1. The monoisotopic (exact) mass is 403 g/mol. The number of anilines is 1. The SMILES string of the molecule is Cc1nc2c(c(N3CCC(NC(=O)Cn4ccc5ccccc54)CC3)n1)CCCC2. The molecule has 0 spiro atoms. The molecule has 2 aromatic heterocycles. The Hall–Kier alpha value is -2.89.